The number of carboxylic acid groups (broad SMARTS) is 2. The van der Waals surface area contributed by atoms with Crippen molar-refractivity contribution in [3.8, 4) is 0 Å². The van der Waals surface area contributed by atoms with E-state index in [2.05, 4.69) is 10.1 Å². The predicted molar refractivity (Wildman–Crippen MR) is 68.5 cm³/mol. The van der Waals surface area contributed by atoms with Crippen LogP contribution in [0.5, 0.6) is 0 Å². The first-order valence-electron chi connectivity index (χ1n) is 5.90. The molecule has 1 unspecified atom stereocenters. The van der Waals surface area contributed by atoms with Crippen LogP contribution in [-0.2, 0) is 19.1 Å². The number of nitrogens with one attached hydrogen (secondary N) is 1. The number of carbonyl (C=O) groups is 3. The quantitative estimate of drug-likeness (QED) is 0.196. The summed E-state index contributed by atoms with van der Waals surface area (Å²) in [5, 5.41) is 45.2. The van der Waals surface area contributed by atoms with E-state index in [1.54, 1.807) is 0 Å². The molecule has 0 aromatic heterocycles. The molecule has 1 atom stereocenters. The zero-order valence-corrected chi connectivity index (χ0v) is 11.6. The van der Waals surface area contributed by atoms with Crippen molar-refractivity contribution in [2.24, 2.45) is 0 Å². The lowest BCUT2D eigenvalue weighted by Crippen LogP contribution is -2.42. The number of rotatable bonds is 9. The third-order valence-electron chi connectivity index (χ3n) is 2.08. The van der Waals surface area contributed by atoms with Gasteiger partial charge in [0.05, 0.1) is 33.2 Å². The van der Waals surface area contributed by atoms with E-state index in [4.69, 9.17) is 20.4 Å². The predicted octanol–water partition coefficient (Wildman–Crippen LogP) is -2.60. The molecule has 0 amide bonds. The Morgan fingerprint density at radius 2 is 1.52 bits per heavy atom. The molecule has 0 saturated carbocycles. The van der Waals surface area contributed by atoms with E-state index in [1.807, 2.05) is 0 Å². The van der Waals surface area contributed by atoms with Gasteiger partial charge in [-0.25, -0.2) is 4.79 Å². The Hall–Kier alpha value is -1.75. The summed E-state index contributed by atoms with van der Waals surface area (Å²) in [6, 6.07) is 0. The molecule has 0 rings (SSSR count). The van der Waals surface area contributed by atoms with Gasteiger partial charge in [0.2, 0.25) is 0 Å². The van der Waals surface area contributed by atoms with E-state index in [0.29, 0.717) is 13.1 Å². The Morgan fingerprint density at radius 1 is 1.05 bits per heavy atom. The molecular weight excluding hydrogens is 290 g/mol. The fourth-order valence-corrected chi connectivity index (χ4v) is 1.06. The van der Waals surface area contributed by atoms with Crippen molar-refractivity contribution in [3.05, 3.63) is 0 Å². The molecule has 0 bridgehead atoms. The fraction of sp³-hybridized carbons (Fsp3) is 0.727. The number of carbonyl (C=O) groups excluding carboxylic acids is 1. The fourth-order valence-electron chi connectivity index (χ4n) is 1.06. The van der Waals surface area contributed by atoms with Gasteiger partial charge < -0.3 is 35.6 Å². The SMILES string of the molecule is COC(=O)CC(O)(CC(=O)O)C(=O)O.OCCNCCO. The van der Waals surface area contributed by atoms with Crippen LogP contribution < -0.4 is 5.32 Å². The number of esters is 1. The standard InChI is InChI=1S/C7H10O7.C4H11NO2/c1-14-5(10)3-7(13,6(11)12)2-4(8)9;6-3-1-5-2-4-7/h13H,2-3H2,1H3,(H,8,9)(H,11,12);5-7H,1-4H2. The molecule has 0 aliphatic carbocycles. The van der Waals surface area contributed by atoms with Gasteiger partial charge in [-0.2, -0.15) is 0 Å². The maximum Gasteiger partial charge on any atom is 0.336 e. The normalized spacial score (nSPS) is 12.6. The summed E-state index contributed by atoms with van der Waals surface area (Å²) in [6.45, 7) is 1.42. The van der Waals surface area contributed by atoms with Gasteiger partial charge in [-0.15, -0.1) is 0 Å². The monoisotopic (exact) mass is 311 g/mol. The first kappa shape index (κ1) is 21.5. The highest BCUT2D eigenvalue weighted by molar-refractivity contribution is 5.88. The second-order valence-corrected chi connectivity index (χ2v) is 3.86. The average Bonchev–Trinajstić information content (AvgIpc) is 2.38. The van der Waals surface area contributed by atoms with E-state index in [1.165, 1.54) is 0 Å². The summed E-state index contributed by atoms with van der Waals surface area (Å²) in [6.07, 6.45) is -1.96. The molecule has 0 saturated heterocycles. The van der Waals surface area contributed by atoms with Gasteiger partial charge in [0.1, 0.15) is 0 Å². The lowest BCUT2D eigenvalue weighted by molar-refractivity contribution is -0.171. The van der Waals surface area contributed by atoms with E-state index < -0.39 is 36.4 Å². The molecule has 10 heteroatoms. The van der Waals surface area contributed by atoms with Crippen LogP contribution in [0.4, 0.5) is 0 Å². The first-order valence-corrected chi connectivity index (χ1v) is 5.90. The highest BCUT2D eigenvalue weighted by Gasteiger charge is 2.41. The van der Waals surface area contributed by atoms with Crippen LogP contribution in [0.15, 0.2) is 0 Å². The van der Waals surface area contributed by atoms with Gasteiger partial charge >= 0.3 is 17.9 Å². The number of carboxylic acids is 2. The number of ether oxygens (including phenoxy) is 1. The number of aliphatic carboxylic acids is 2. The number of hydrogen-bond donors (Lipinski definition) is 6. The third kappa shape index (κ3) is 11.8. The molecule has 0 spiro atoms. The highest BCUT2D eigenvalue weighted by Crippen LogP contribution is 2.16. The first-order chi connectivity index (χ1) is 9.73. The molecule has 6 N–H and O–H groups in total. The molecule has 21 heavy (non-hydrogen) atoms. The lowest BCUT2D eigenvalue weighted by Gasteiger charge is -2.19. The highest BCUT2D eigenvalue weighted by atomic mass is 16.5. The summed E-state index contributed by atoms with van der Waals surface area (Å²) in [4.78, 5) is 31.4. The minimum atomic E-state index is -2.61. The Kier molecular flexibility index (Phi) is 12.3. The molecule has 124 valence electrons. The van der Waals surface area contributed by atoms with Crippen LogP contribution in [0.3, 0.4) is 0 Å². The smallest absolute Gasteiger partial charge is 0.336 e. The number of aliphatic hydroxyl groups excluding tert-OH is 2. The van der Waals surface area contributed by atoms with Crippen molar-refractivity contribution in [1.82, 2.24) is 5.32 Å². The van der Waals surface area contributed by atoms with Crippen LogP contribution in [0.2, 0.25) is 0 Å². The zero-order valence-electron chi connectivity index (χ0n) is 11.6. The van der Waals surface area contributed by atoms with Gasteiger partial charge in [0.25, 0.3) is 0 Å². The molecule has 0 radical (unpaired) electrons. The molecule has 0 heterocycles. The number of methoxy groups -OCH3 is 1. The van der Waals surface area contributed by atoms with Crippen molar-refractivity contribution < 1.29 is 44.7 Å². The molecular formula is C11H21NO9. The second kappa shape index (κ2) is 12.0. The summed E-state index contributed by atoms with van der Waals surface area (Å²) in [5.74, 6) is -4.28. The summed E-state index contributed by atoms with van der Waals surface area (Å²) >= 11 is 0. The largest absolute Gasteiger partial charge is 0.481 e. The van der Waals surface area contributed by atoms with Crippen LogP contribution in [-0.4, -0.2) is 82.5 Å². The van der Waals surface area contributed by atoms with Gasteiger partial charge in [-0.1, -0.05) is 0 Å². The van der Waals surface area contributed by atoms with Crippen molar-refractivity contribution in [2.45, 2.75) is 18.4 Å². The van der Waals surface area contributed by atoms with E-state index in [-0.39, 0.29) is 13.2 Å². The maximum absolute atomic E-state index is 10.7. The average molecular weight is 311 g/mol. The summed E-state index contributed by atoms with van der Waals surface area (Å²) in [5.41, 5.74) is -2.61. The van der Waals surface area contributed by atoms with E-state index in [0.717, 1.165) is 7.11 Å². The second-order valence-electron chi connectivity index (χ2n) is 3.86. The maximum atomic E-state index is 10.7. The van der Waals surface area contributed by atoms with E-state index >= 15 is 0 Å². The molecule has 10 nitrogen and oxygen atoms in total. The molecule has 0 fully saturated rings. The van der Waals surface area contributed by atoms with Crippen LogP contribution in [0.25, 0.3) is 0 Å². The van der Waals surface area contributed by atoms with Crippen LogP contribution in [0.1, 0.15) is 12.8 Å². The zero-order chi connectivity index (χ0) is 16.9. The van der Waals surface area contributed by atoms with Gasteiger partial charge in [-0.3, -0.25) is 9.59 Å². The Labute approximate surface area is 121 Å². The van der Waals surface area contributed by atoms with Crippen LogP contribution in [0, 0.1) is 0 Å². The van der Waals surface area contributed by atoms with Crippen molar-refractivity contribution in [1.29, 1.82) is 0 Å². The van der Waals surface area contributed by atoms with Gasteiger partial charge in [0.15, 0.2) is 5.60 Å². The van der Waals surface area contributed by atoms with Crippen molar-refractivity contribution in [3.63, 3.8) is 0 Å². The summed E-state index contributed by atoms with van der Waals surface area (Å²) in [7, 11) is 1.01. The lowest BCUT2D eigenvalue weighted by atomic mass is 9.96. The van der Waals surface area contributed by atoms with Crippen LogP contribution >= 0.6 is 0 Å². The Bertz CT molecular complexity index is 330. The number of hydrogen-bond acceptors (Lipinski definition) is 8. The van der Waals surface area contributed by atoms with Crippen molar-refractivity contribution in [2.75, 3.05) is 33.4 Å². The minimum Gasteiger partial charge on any atom is -0.481 e. The minimum absolute atomic E-state index is 0.139. The number of aliphatic hydroxyl groups is 3. The third-order valence-corrected chi connectivity index (χ3v) is 2.08. The topological polar surface area (TPSA) is 174 Å². The Morgan fingerprint density at radius 3 is 1.81 bits per heavy atom. The van der Waals surface area contributed by atoms with Crippen molar-refractivity contribution >= 4 is 17.9 Å². The van der Waals surface area contributed by atoms with Gasteiger partial charge in [0, 0.05) is 13.1 Å². The molecule has 0 aromatic carbocycles. The van der Waals surface area contributed by atoms with Gasteiger partial charge in [-0.05, 0) is 0 Å². The molecule has 0 aliphatic rings. The molecule has 0 aliphatic heterocycles. The molecule has 0 aromatic rings. The van der Waals surface area contributed by atoms with E-state index in [9.17, 15) is 19.5 Å². The Balaban J connectivity index is 0. The summed E-state index contributed by atoms with van der Waals surface area (Å²) < 4.78 is 4.12.